The number of aromatic nitrogens is 3. The molecule has 1 aliphatic heterocycles. The van der Waals surface area contributed by atoms with Gasteiger partial charge in [-0.1, -0.05) is 20.8 Å². The molecule has 3 rings (SSSR count). The van der Waals surface area contributed by atoms with E-state index in [-0.39, 0.29) is 11.3 Å². The maximum absolute atomic E-state index is 13.0. The zero-order valence-corrected chi connectivity index (χ0v) is 15.9. The fourth-order valence-electron chi connectivity index (χ4n) is 2.96. The van der Waals surface area contributed by atoms with E-state index >= 15 is 0 Å². The average Bonchev–Trinajstić information content (AvgIpc) is 3.12. The van der Waals surface area contributed by atoms with Gasteiger partial charge in [-0.25, -0.2) is 4.98 Å². The van der Waals surface area contributed by atoms with Crippen LogP contribution in [0.5, 0.6) is 0 Å². The van der Waals surface area contributed by atoms with Gasteiger partial charge in [-0.05, 0) is 6.92 Å². The fourth-order valence-corrected chi connectivity index (χ4v) is 3.81. The number of rotatable bonds is 2. The molecule has 0 unspecified atom stereocenters. The summed E-state index contributed by atoms with van der Waals surface area (Å²) in [5.41, 5.74) is 2.50. The Hall–Kier alpha value is -1.89. The average molecular weight is 347 g/mol. The minimum Gasteiger partial charge on any atom is -0.345 e. The van der Waals surface area contributed by atoms with Crippen molar-refractivity contribution in [2.45, 2.75) is 33.1 Å². The smallest absolute Gasteiger partial charge is 0.257 e. The molecular formula is C17H25N5OS. The van der Waals surface area contributed by atoms with Crippen molar-refractivity contribution in [1.82, 2.24) is 19.7 Å². The van der Waals surface area contributed by atoms with Crippen molar-refractivity contribution in [3.8, 4) is 0 Å². The number of aryl methyl sites for hydroxylation is 2. The third-order valence-electron chi connectivity index (χ3n) is 4.21. The van der Waals surface area contributed by atoms with Crippen molar-refractivity contribution < 1.29 is 4.79 Å². The Kier molecular flexibility index (Phi) is 4.38. The van der Waals surface area contributed by atoms with Crippen LogP contribution in [-0.2, 0) is 12.5 Å². The van der Waals surface area contributed by atoms with Crippen LogP contribution in [0.25, 0.3) is 0 Å². The van der Waals surface area contributed by atoms with E-state index in [0.29, 0.717) is 0 Å². The molecule has 2 aromatic heterocycles. The van der Waals surface area contributed by atoms with E-state index in [0.717, 1.165) is 48.3 Å². The van der Waals surface area contributed by atoms with E-state index in [4.69, 9.17) is 0 Å². The molecule has 1 saturated heterocycles. The van der Waals surface area contributed by atoms with Crippen LogP contribution in [0.1, 0.15) is 42.5 Å². The molecular weight excluding hydrogens is 322 g/mol. The largest absolute Gasteiger partial charge is 0.345 e. The first-order valence-electron chi connectivity index (χ1n) is 8.26. The summed E-state index contributed by atoms with van der Waals surface area (Å²) in [5.74, 6) is 0.0861. The van der Waals surface area contributed by atoms with Gasteiger partial charge in [0.05, 0.1) is 17.0 Å². The third kappa shape index (κ3) is 3.31. The highest BCUT2D eigenvalue weighted by atomic mass is 32.1. The first-order chi connectivity index (χ1) is 11.3. The molecule has 3 heterocycles. The number of anilines is 1. The fraction of sp³-hybridized carbons (Fsp3) is 0.588. The van der Waals surface area contributed by atoms with E-state index in [1.165, 1.54) is 0 Å². The lowest BCUT2D eigenvalue weighted by Gasteiger charge is -2.34. The van der Waals surface area contributed by atoms with Crippen LogP contribution in [0.3, 0.4) is 0 Å². The van der Waals surface area contributed by atoms with Gasteiger partial charge in [0.2, 0.25) is 0 Å². The summed E-state index contributed by atoms with van der Waals surface area (Å²) in [5, 5.41) is 7.63. The van der Waals surface area contributed by atoms with E-state index in [9.17, 15) is 4.79 Å². The molecule has 1 fully saturated rings. The number of carbonyl (C=O) groups excluding carboxylic acids is 1. The van der Waals surface area contributed by atoms with E-state index in [1.807, 2.05) is 25.1 Å². The standard InChI is InChI=1S/C17H25N5OS/c1-12-11-24-16(18-12)22-8-6-21(7-9-22)15(23)13-10-20(5)19-14(13)17(2,3)4/h10-11H,6-9H2,1-5H3. The lowest BCUT2D eigenvalue weighted by atomic mass is 9.89. The van der Waals surface area contributed by atoms with Gasteiger partial charge < -0.3 is 9.80 Å². The van der Waals surface area contributed by atoms with Gasteiger partial charge in [0.15, 0.2) is 5.13 Å². The minimum atomic E-state index is -0.146. The molecule has 6 nitrogen and oxygen atoms in total. The van der Waals surface area contributed by atoms with Crippen LogP contribution in [0.2, 0.25) is 0 Å². The van der Waals surface area contributed by atoms with Gasteiger partial charge in [0.25, 0.3) is 5.91 Å². The quantitative estimate of drug-likeness (QED) is 0.837. The summed E-state index contributed by atoms with van der Waals surface area (Å²) in [6.45, 7) is 11.4. The first kappa shape index (κ1) is 17.0. The predicted molar refractivity (Wildman–Crippen MR) is 96.9 cm³/mol. The summed E-state index contributed by atoms with van der Waals surface area (Å²) in [7, 11) is 1.87. The van der Waals surface area contributed by atoms with Crippen molar-refractivity contribution in [2.24, 2.45) is 7.05 Å². The zero-order chi connectivity index (χ0) is 17.5. The first-order valence-corrected chi connectivity index (χ1v) is 9.14. The number of piperazine rings is 1. The Morgan fingerprint density at radius 1 is 1.21 bits per heavy atom. The Bertz CT molecular complexity index is 734. The second-order valence-electron chi connectivity index (χ2n) is 7.37. The van der Waals surface area contributed by atoms with Crippen LogP contribution in [0.4, 0.5) is 5.13 Å². The van der Waals surface area contributed by atoms with Crippen LogP contribution in [-0.4, -0.2) is 51.8 Å². The summed E-state index contributed by atoms with van der Waals surface area (Å²) in [6.07, 6.45) is 1.85. The van der Waals surface area contributed by atoms with Gasteiger partial charge in [0, 0.05) is 50.2 Å². The highest BCUT2D eigenvalue weighted by Gasteiger charge is 2.30. The molecule has 24 heavy (non-hydrogen) atoms. The number of thiazole rings is 1. The number of hydrogen-bond donors (Lipinski definition) is 0. The molecule has 0 N–H and O–H groups in total. The van der Waals surface area contributed by atoms with Gasteiger partial charge in [0.1, 0.15) is 0 Å². The summed E-state index contributed by atoms with van der Waals surface area (Å²) in [6, 6.07) is 0. The maximum atomic E-state index is 13.0. The second-order valence-corrected chi connectivity index (χ2v) is 8.20. The van der Waals surface area contributed by atoms with Gasteiger partial charge >= 0.3 is 0 Å². The van der Waals surface area contributed by atoms with Crippen molar-refractivity contribution in [3.05, 3.63) is 28.5 Å². The summed E-state index contributed by atoms with van der Waals surface area (Å²) < 4.78 is 1.74. The predicted octanol–water partition coefficient (Wildman–Crippen LogP) is 2.44. The molecule has 0 radical (unpaired) electrons. The lowest BCUT2D eigenvalue weighted by Crippen LogP contribution is -2.49. The Morgan fingerprint density at radius 3 is 2.42 bits per heavy atom. The number of carbonyl (C=O) groups is 1. The van der Waals surface area contributed by atoms with Crippen molar-refractivity contribution >= 4 is 22.4 Å². The maximum Gasteiger partial charge on any atom is 0.257 e. The molecule has 7 heteroatoms. The Labute approximate surface area is 147 Å². The normalized spacial score (nSPS) is 15.9. The van der Waals surface area contributed by atoms with E-state index in [1.54, 1.807) is 16.0 Å². The SMILES string of the molecule is Cc1csc(N2CCN(C(=O)c3cn(C)nc3C(C)(C)C)CC2)n1. The van der Waals surface area contributed by atoms with E-state index < -0.39 is 0 Å². The number of hydrogen-bond acceptors (Lipinski definition) is 5. The van der Waals surface area contributed by atoms with Crippen LogP contribution >= 0.6 is 11.3 Å². The zero-order valence-electron chi connectivity index (χ0n) is 15.0. The monoisotopic (exact) mass is 347 g/mol. The third-order valence-corrected chi connectivity index (χ3v) is 5.23. The topological polar surface area (TPSA) is 54.3 Å². The highest BCUT2D eigenvalue weighted by molar-refractivity contribution is 7.13. The molecule has 0 aromatic carbocycles. The van der Waals surface area contributed by atoms with Gasteiger partial charge in [-0.3, -0.25) is 9.48 Å². The number of nitrogens with zero attached hydrogens (tertiary/aromatic N) is 5. The molecule has 130 valence electrons. The lowest BCUT2D eigenvalue weighted by molar-refractivity contribution is 0.0744. The molecule has 1 aliphatic rings. The Morgan fingerprint density at radius 2 is 1.88 bits per heavy atom. The van der Waals surface area contributed by atoms with E-state index in [2.05, 4.69) is 41.1 Å². The van der Waals surface area contributed by atoms with Crippen LogP contribution < -0.4 is 4.90 Å². The minimum absolute atomic E-state index is 0.0861. The van der Waals surface area contributed by atoms with Crippen LogP contribution in [0, 0.1) is 6.92 Å². The van der Waals surface area contributed by atoms with Gasteiger partial charge in [-0.2, -0.15) is 5.10 Å². The molecule has 2 aromatic rings. The molecule has 0 aliphatic carbocycles. The number of amides is 1. The summed E-state index contributed by atoms with van der Waals surface area (Å²) in [4.78, 5) is 21.7. The molecule has 1 amide bonds. The van der Waals surface area contributed by atoms with Crippen molar-refractivity contribution in [1.29, 1.82) is 0 Å². The summed E-state index contributed by atoms with van der Waals surface area (Å²) >= 11 is 1.67. The molecule has 0 bridgehead atoms. The molecule has 0 atom stereocenters. The van der Waals surface area contributed by atoms with Gasteiger partial charge in [-0.15, -0.1) is 11.3 Å². The molecule has 0 spiro atoms. The Balaban J connectivity index is 1.72. The van der Waals surface area contributed by atoms with Crippen molar-refractivity contribution in [3.63, 3.8) is 0 Å². The second kappa shape index (κ2) is 6.20. The molecule has 0 saturated carbocycles. The van der Waals surface area contributed by atoms with Crippen LogP contribution in [0.15, 0.2) is 11.6 Å². The van der Waals surface area contributed by atoms with Crippen molar-refractivity contribution in [2.75, 3.05) is 31.1 Å². The highest BCUT2D eigenvalue weighted by Crippen LogP contribution is 2.26.